The minimum absolute atomic E-state index is 0.0590. The van der Waals surface area contributed by atoms with Crippen LogP contribution in [-0.2, 0) is 23.9 Å². The molecule has 0 bridgehead atoms. The summed E-state index contributed by atoms with van der Waals surface area (Å²) in [6.07, 6.45) is -0.457. The number of hydrogen-bond acceptors (Lipinski definition) is 6. The molecule has 0 radical (unpaired) electrons. The van der Waals surface area contributed by atoms with Gasteiger partial charge in [0.05, 0.1) is 12.2 Å². The molecule has 1 aliphatic heterocycles. The van der Waals surface area contributed by atoms with Crippen molar-refractivity contribution in [3.05, 3.63) is 0 Å². The van der Waals surface area contributed by atoms with Gasteiger partial charge in [-0.25, -0.2) is 4.79 Å². The van der Waals surface area contributed by atoms with E-state index in [1.165, 1.54) is 0 Å². The second kappa shape index (κ2) is 6.51. The summed E-state index contributed by atoms with van der Waals surface area (Å²) in [5.74, 6) is -1.06. The van der Waals surface area contributed by atoms with Gasteiger partial charge in [-0.15, -0.1) is 0 Å². The standard InChI is InChI=1S/C12H19NO6/c1-4-18-12(2,3)7-8-17-11(16)19-13-9(14)5-6-10(13)15/h4-8H2,1-3H3. The van der Waals surface area contributed by atoms with Crippen molar-refractivity contribution in [2.24, 2.45) is 0 Å². The Labute approximate surface area is 111 Å². The fourth-order valence-electron chi connectivity index (χ4n) is 1.60. The molecule has 7 heteroatoms. The van der Waals surface area contributed by atoms with Gasteiger partial charge in [0.15, 0.2) is 0 Å². The summed E-state index contributed by atoms with van der Waals surface area (Å²) in [6.45, 7) is 6.27. The van der Waals surface area contributed by atoms with E-state index >= 15 is 0 Å². The molecule has 1 aliphatic rings. The lowest BCUT2D eigenvalue weighted by atomic mass is 10.1. The SMILES string of the molecule is CCOC(C)(C)CCOC(=O)ON1C(=O)CCC1=O. The second-order valence-corrected chi connectivity index (χ2v) is 4.71. The van der Waals surface area contributed by atoms with Crippen molar-refractivity contribution in [2.45, 2.75) is 45.6 Å². The van der Waals surface area contributed by atoms with Crippen LogP contribution in [0.5, 0.6) is 0 Å². The Morgan fingerprint density at radius 2 is 1.84 bits per heavy atom. The van der Waals surface area contributed by atoms with Gasteiger partial charge in [0, 0.05) is 25.9 Å². The number of nitrogens with zero attached hydrogens (tertiary/aromatic N) is 1. The molecular weight excluding hydrogens is 254 g/mol. The summed E-state index contributed by atoms with van der Waals surface area (Å²) in [4.78, 5) is 38.2. The number of carbonyl (C=O) groups excluding carboxylic acids is 3. The van der Waals surface area contributed by atoms with E-state index in [-0.39, 0.29) is 19.4 Å². The first-order valence-electron chi connectivity index (χ1n) is 6.20. The molecular formula is C12H19NO6. The zero-order valence-corrected chi connectivity index (χ0v) is 11.4. The van der Waals surface area contributed by atoms with Gasteiger partial charge in [-0.05, 0) is 20.8 Å². The van der Waals surface area contributed by atoms with Crippen molar-refractivity contribution in [3.8, 4) is 0 Å². The average molecular weight is 273 g/mol. The highest BCUT2D eigenvalue weighted by atomic mass is 16.8. The predicted octanol–water partition coefficient (Wildman–Crippen LogP) is 1.41. The summed E-state index contributed by atoms with van der Waals surface area (Å²) < 4.78 is 10.2. The average Bonchev–Trinajstić information content (AvgIpc) is 2.60. The van der Waals surface area contributed by atoms with Crippen molar-refractivity contribution >= 4 is 18.0 Å². The second-order valence-electron chi connectivity index (χ2n) is 4.71. The summed E-state index contributed by atoms with van der Waals surface area (Å²) >= 11 is 0. The Bertz CT molecular complexity index is 349. The van der Waals surface area contributed by atoms with Crippen LogP contribution in [0.15, 0.2) is 0 Å². The van der Waals surface area contributed by atoms with Crippen LogP contribution in [0.4, 0.5) is 4.79 Å². The maximum Gasteiger partial charge on any atom is 0.533 e. The van der Waals surface area contributed by atoms with Gasteiger partial charge in [0.2, 0.25) is 0 Å². The molecule has 0 spiro atoms. The molecule has 0 aromatic heterocycles. The predicted molar refractivity (Wildman–Crippen MR) is 63.8 cm³/mol. The molecule has 0 saturated carbocycles. The highest BCUT2D eigenvalue weighted by molar-refractivity contribution is 6.01. The van der Waals surface area contributed by atoms with Gasteiger partial charge in [0.25, 0.3) is 11.8 Å². The number of hydroxylamine groups is 2. The van der Waals surface area contributed by atoms with Crippen LogP contribution in [0.25, 0.3) is 0 Å². The molecule has 0 aromatic carbocycles. The Hall–Kier alpha value is -1.63. The Morgan fingerprint density at radius 1 is 1.26 bits per heavy atom. The van der Waals surface area contributed by atoms with Gasteiger partial charge in [-0.2, -0.15) is 0 Å². The van der Waals surface area contributed by atoms with Crippen LogP contribution in [0.2, 0.25) is 0 Å². The van der Waals surface area contributed by atoms with Crippen molar-refractivity contribution in [3.63, 3.8) is 0 Å². The first-order valence-corrected chi connectivity index (χ1v) is 6.20. The third-order valence-corrected chi connectivity index (χ3v) is 2.63. The molecule has 1 fully saturated rings. The van der Waals surface area contributed by atoms with E-state index in [0.29, 0.717) is 18.1 Å². The Balaban J connectivity index is 2.29. The minimum Gasteiger partial charge on any atom is -0.433 e. The highest BCUT2D eigenvalue weighted by Crippen LogP contribution is 2.15. The third-order valence-electron chi connectivity index (χ3n) is 2.63. The maximum atomic E-state index is 11.3. The van der Waals surface area contributed by atoms with Crippen LogP contribution in [0.3, 0.4) is 0 Å². The largest absolute Gasteiger partial charge is 0.533 e. The van der Waals surface area contributed by atoms with Crippen molar-refractivity contribution < 1.29 is 28.7 Å². The lowest BCUT2D eigenvalue weighted by molar-refractivity contribution is -0.177. The van der Waals surface area contributed by atoms with Gasteiger partial charge in [-0.1, -0.05) is 5.06 Å². The van der Waals surface area contributed by atoms with E-state index in [1.54, 1.807) is 0 Å². The normalized spacial score (nSPS) is 15.8. The van der Waals surface area contributed by atoms with Crippen LogP contribution in [0.1, 0.15) is 40.0 Å². The topological polar surface area (TPSA) is 82.1 Å². The molecule has 0 atom stereocenters. The van der Waals surface area contributed by atoms with Crippen molar-refractivity contribution in [1.29, 1.82) is 0 Å². The molecule has 2 amide bonds. The smallest absolute Gasteiger partial charge is 0.433 e. The number of rotatable bonds is 6. The molecule has 19 heavy (non-hydrogen) atoms. The fraction of sp³-hybridized carbons (Fsp3) is 0.750. The van der Waals surface area contributed by atoms with Gasteiger partial charge >= 0.3 is 6.16 Å². The Kier molecular flexibility index (Phi) is 5.29. The number of amides is 2. The van der Waals surface area contributed by atoms with Gasteiger partial charge < -0.3 is 9.47 Å². The maximum absolute atomic E-state index is 11.3. The molecule has 7 nitrogen and oxygen atoms in total. The first-order chi connectivity index (χ1) is 8.85. The van der Waals surface area contributed by atoms with E-state index in [4.69, 9.17) is 9.47 Å². The molecule has 1 heterocycles. The number of carbonyl (C=O) groups is 3. The highest BCUT2D eigenvalue weighted by Gasteiger charge is 2.33. The van der Waals surface area contributed by atoms with Crippen LogP contribution >= 0.6 is 0 Å². The van der Waals surface area contributed by atoms with Crippen molar-refractivity contribution in [2.75, 3.05) is 13.2 Å². The van der Waals surface area contributed by atoms with E-state index in [9.17, 15) is 14.4 Å². The van der Waals surface area contributed by atoms with E-state index in [0.717, 1.165) is 0 Å². The van der Waals surface area contributed by atoms with Gasteiger partial charge in [-0.3, -0.25) is 14.4 Å². The number of imide groups is 1. The monoisotopic (exact) mass is 273 g/mol. The third kappa shape index (κ3) is 4.86. The van der Waals surface area contributed by atoms with Gasteiger partial charge in [0.1, 0.15) is 0 Å². The summed E-state index contributed by atoms with van der Waals surface area (Å²) in [6, 6.07) is 0. The van der Waals surface area contributed by atoms with Crippen LogP contribution in [-0.4, -0.2) is 41.8 Å². The number of hydrogen-bond donors (Lipinski definition) is 0. The zero-order valence-electron chi connectivity index (χ0n) is 11.4. The van der Waals surface area contributed by atoms with Crippen LogP contribution < -0.4 is 0 Å². The molecule has 0 N–H and O–H groups in total. The van der Waals surface area contributed by atoms with E-state index in [1.807, 2.05) is 20.8 Å². The molecule has 0 aliphatic carbocycles. The lowest BCUT2D eigenvalue weighted by Crippen LogP contribution is -2.33. The van der Waals surface area contributed by atoms with E-state index < -0.39 is 23.6 Å². The zero-order chi connectivity index (χ0) is 14.5. The summed E-state index contributed by atoms with van der Waals surface area (Å²) in [5, 5.41) is 0.454. The molecule has 0 aromatic rings. The molecule has 108 valence electrons. The Morgan fingerprint density at radius 3 is 2.37 bits per heavy atom. The summed E-state index contributed by atoms with van der Waals surface area (Å²) in [7, 11) is 0. The molecule has 0 unspecified atom stereocenters. The first kappa shape index (κ1) is 15.4. The fourth-order valence-corrected chi connectivity index (χ4v) is 1.60. The summed E-state index contributed by atoms with van der Waals surface area (Å²) in [5.41, 5.74) is -0.408. The number of ether oxygens (including phenoxy) is 2. The van der Waals surface area contributed by atoms with Crippen molar-refractivity contribution in [1.82, 2.24) is 5.06 Å². The quantitative estimate of drug-likeness (QED) is 0.537. The molecule has 1 saturated heterocycles. The van der Waals surface area contributed by atoms with E-state index in [2.05, 4.69) is 4.84 Å². The molecule has 1 rings (SSSR count). The minimum atomic E-state index is -1.06. The lowest BCUT2D eigenvalue weighted by Gasteiger charge is -2.24. The van der Waals surface area contributed by atoms with Crippen LogP contribution in [0, 0.1) is 0 Å².